The summed E-state index contributed by atoms with van der Waals surface area (Å²) >= 11 is 0. The van der Waals surface area contributed by atoms with Crippen molar-refractivity contribution >= 4 is 0 Å². The zero-order valence-corrected chi connectivity index (χ0v) is 10.7. The van der Waals surface area contributed by atoms with Crippen molar-refractivity contribution in [2.75, 3.05) is 7.11 Å². The van der Waals surface area contributed by atoms with Gasteiger partial charge in [0.25, 0.3) is 6.33 Å². The van der Waals surface area contributed by atoms with E-state index < -0.39 is 0 Å². The van der Waals surface area contributed by atoms with Crippen LogP contribution in [0.5, 0.6) is 5.75 Å². The minimum Gasteiger partial charge on any atom is -0.497 e. The monoisotopic (exact) mass is 251 g/mol. The minimum absolute atomic E-state index is 0.867. The quantitative estimate of drug-likeness (QED) is 0.655. The SMILES string of the molecule is COc1ccc(-[n+]2ccn(-c3ccccc3)c2)cc1. The first kappa shape index (κ1) is 11.5. The molecule has 3 heteroatoms. The first-order chi connectivity index (χ1) is 9.36. The highest BCUT2D eigenvalue weighted by Gasteiger charge is 2.07. The molecular weight excluding hydrogens is 236 g/mol. The number of para-hydroxylation sites is 1. The Morgan fingerprint density at radius 3 is 2.37 bits per heavy atom. The molecule has 0 aliphatic heterocycles. The summed E-state index contributed by atoms with van der Waals surface area (Å²) in [6.07, 6.45) is 6.13. The van der Waals surface area contributed by atoms with Gasteiger partial charge in [-0.25, -0.2) is 9.13 Å². The van der Waals surface area contributed by atoms with Gasteiger partial charge >= 0.3 is 0 Å². The van der Waals surface area contributed by atoms with Crippen LogP contribution in [-0.4, -0.2) is 11.7 Å². The van der Waals surface area contributed by atoms with Crippen LogP contribution in [0.4, 0.5) is 0 Å². The summed E-state index contributed by atoms with van der Waals surface area (Å²) in [6, 6.07) is 18.2. The zero-order chi connectivity index (χ0) is 13.1. The van der Waals surface area contributed by atoms with Crippen molar-refractivity contribution in [2.45, 2.75) is 0 Å². The van der Waals surface area contributed by atoms with Gasteiger partial charge in [0.15, 0.2) is 0 Å². The molecule has 0 unspecified atom stereocenters. The van der Waals surface area contributed by atoms with E-state index in [0.717, 1.165) is 17.1 Å². The Balaban J connectivity index is 1.92. The maximum atomic E-state index is 5.17. The molecule has 0 fully saturated rings. The summed E-state index contributed by atoms with van der Waals surface area (Å²) in [4.78, 5) is 0. The molecule has 1 heterocycles. The Bertz CT molecular complexity index is 657. The molecule has 94 valence electrons. The summed E-state index contributed by atoms with van der Waals surface area (Å²) in [6.45, 7) is 0. The number of nitrogens with zero attached hydrogens (tertiary/aromatic N) is 2. The number of ether oxygens (including phenoxy) is 1. The van der Waals surface area contributed by atoms with Crippen molar-refractivity contribution in [3.8, 4) is 17.1 Å². The minimum atomic E-state index is 0.867. The summed E-state index contributed by atoms with van der Waals surface area (Å²) < 4.78 is 9.33. The fourth-order valence-corrected chi connectivity index (χ4v) is 2.01. The number of rotatable bonds is 3. The Morgan fingerprint density at radius 1 is 0.947 bits per heavy atom. The molecule has 0 amide bonds. The first-order valence-electron chi connectivity index (χ1n) is 6.16. The lowest BCUT2D eigenvalue weighted by Crippen LogP contribution is -2.27. The molecule has 3 rings (SSSR count). The van der Waals surface area contributed by atoms with E-state index in [1.165, 1.54) is 0 Å². The van der Waals surface area contributed by atoms with E-state index in [1.807, 2.05) is 54.9 Å². The molecule has 2 aromatic carbocycles. The third kappa shape index (κ3) is 2.36. The largest absolute Gasteiger partial charge is 0.497 e. The fourth-order valence-electron chi connectivity index (χ4n) is 2.01. The number of hydrogen-bond acceptors (Lipinski definition) is 1. The van der Waals surface area contributed by atoms with Gasteiger partial charge in [-0.3, -0.25) is 0 Å². The van der Waals surface area contributed by atoms with Crippen molar-refractivity contribution in [1.29, 1.82) is 0 Å². The number of hydrogen-bond donors (Lipinski definition) is 0. The van der Waals surface area contributed by atoms with Crippen molar-refractivity contribution in [1.82, 2.24) is 4.57 Å². The Labute approximate surface area is 112 Å². The average molecular weight is 251 g/mol. The van der Waals surface area contributed by atoms with Crippen LogP contribution in [0, 0.1) is 0 Å². The van der Waals surface area contributed by atoms with E-state index in [-0.39, 0.29) is 0 Å². The van der Waals surface area contributed by atoms with Crippen LogP contribution in [0.1, 0.15) is 0 Å². The maximum absolute atomic E-state index is 5.17. The van der Waals surface area contributed by atoms with Crippen molar-refractivity contribution in [3.05, 3.63) is 73.3 Å². The molecule has 0 aliphatic carbocycles. The summed E-state index contributed by atoms with van der Waals surface area (Å²) in [5.74, 6) is 0.867. The number of methoxy groups -OCH3 is 1. The van der Waals surface area contributed by atoms with E-state index in [4.69, 9.17) is 4.74 Å². The lowest BCUT2D eigenvalue weighted by Gasteiger charge is -1.99. The summed E-state index contributed by atoms with van der Waals surface area (Å²) in [7, 11) is 1.67. The standard InChI is InChI=1S/C16H15N2O/c1-19-16-9-7-15(8-10-16)18-12-11-17(13-18)14-5-3-2-4-6-14/h2-13H,1H3/q+1. The van der Waals surface area contributed by atoms with Crippen molar-refractivity contribution < 1.29 is 9.30 Å². The highest BCUT2D eigenvalue weighted by atomic mass is 16.5. The van der Waals surface area contributed by atoms with Crippen molar-refractivity contribution in [2.24, 2.45) is 0 Å². The van der Waals surface area contributed by atoms with Gasteiger partial charge in [0.05, 0.1) is 7.11 Å². The van der Waals surface area contributed by atoms with E-state index in [2.05, 4.69) is 27.6 Å². The van der Waals surface area contributed by atoms with Gasteiger partial charge in [-0.2, -0.15) is 0 Å². The predicted octanol–water partition coefficient (Wildman–Crippen LogP) is 2.76. The van der Waals surface area contributed by atoms with Gasteiger partial charge in [-0.1, -0.05) is 18.2 Å². The molecule has 0 bridgehead atoms. The topological polar surface area (TPSA) is 18.0 Å². The third-order valence-electron chi connectivity index (χ3n) is 3.06. The number of benzene rings is 2. The zero-order valence-electron chi connectivity index (χ0n) is 10.7. The molecule has 0 radical (unpaired) electrons. The molecule has 0 aliphatic rings. The van der Waals surface area contributed by atoms with Crippen LogP contribution in [-0.2, 0) is 0 Å². The molecule has 19 heavy (non-hydrogen) atoms. The van der Waals surface area contributed by atoms with Crippen molar-refractivity contribution in [3.63, 3.8) is 0 Å². The Morgan fingerprint density at radius 2 is 1.68 bits per heavy atom. The molecule has 0 N–H and O–H groups in total. The Hall–Kier alpha value is -2.55. The summed E-state index contributed by atoms with van der Waals surface area (Å²) in [5, 5.41) is 0. The molecule has 0 atom stereocenters. The molecule has 0 saturated heterocycles. The lowest BCUT2D eigenvalue weighted by molar-refractivity contribution is -0.594. The van der Waals surface area contributed by atoms with E-state index >= 15 is 0 Å². The number of imidazole rings is 1. The van der Waals surface area contributed by atoms with Crippen LogP contribution in [0.3, 0.4) is 0 Å². The van der Waals surface area contributed by atoms with Crippen LogP contribution < -0.4 is 9.30 Å². The highest BCUT2D eigenvalue weighted by molar-refractivity contribution is 5.32. The second kappa shape index (κ2) is 4.98. The van der Waals surface area contributed by atoms with Gasteiger partial charge in [0, 0.05) is 0 Å². The van der Waals surface area contributed by atoms with Gasteiger partial charge in [-0.05, 0) is 36.4 Å². The van der Waals surface area contributed by atoms with E-state index in [1.54, 1.807) is 7.11 Å². The third-order valence-corrected chi connectivity index (χ3v) is 3.06. The molecule has 3 nitrogen and oxygen atoms in total. The molecule has 3 aromatic rings. The van der Waals surface area contributed by atoms with Crippen LogP contribution in [0.2, 0.25) is 0 Å². The van der Waals surface area contributed by atoms with Crippen LogP contribution in [0.15, 0.2) is 73.3 Å². The Kier molecular flexibility index (Phi) is 3.02. The number of aromatic nitrogens is 2. The lowest BCUT2D eigenvalue weighted by atomic mass is 10.3. The first-order valence-corrected chi connectivity index (χ1v) is 6.16. The summed E-state index contributed by atoms with van der Waals surface area (Å²) in [5.41, 5.74) is 2.25. The van der Waals surface area contributed by atoms with Gasteiger partial charge in [0.1, 0.15) is 29.5 Å². The van der Waals surface area contributed by atoms with E-state index in [0.29, 0.717) is 0 Å². The van der Waals surface area contributed by atoms with Crippen LogP contribution in [0.25, 0.3) is 11.4 Å². The van der Waals surface area contributed by atoms with Gasteiger partial charge in [0.2, 0.25) is 0 Å². The second-order valence-electron chi connectivity index (χ2n) is 4.26. The van der Waals surface area contributed by atoms with Gasteiger partial charge < -0.3 is 4.74 Å². The van der Waals surface area contributed by atoms with Crippen LogP contribution >= 0.6 is 0 Å². The van der Waals surface area contributed by atoms with E-state index in [9.17, 15) is 0 Å². The molecule has 0 spiro atoms. The maximum Gasteiger partial charge on any atom is 0.254 e. The molecule has 1 aromatic heterocycles. The van der Waals surface area contributed by atoms with Gasteiger partial charge in [-0.15, -0.1) is 0 Å². The molecule has 0 saturated carbocycles. The normalized spacial score (nSPS) is 10.4. The predicted molar refractivity (Wildman–Crippen MR) is 73.9 cm³/mol. The average Bonchev–Trinajstić information content (AvgIpc) is 2.98. The smallest absolute Gasteiger partial charge is 0.254 e. The second-order valence-corrected chi connectivity index (χ2v) is 4.26. The molecular formula is C16H15N2O+. The highest BCUT2D eigenvalue weighted by Crippen LogP contribution is 2.11. The fraction of sp³-hybridized carbons (Fsp3) is 0.0625.